The van der Waals surface area contributed by atoms with Crippen molar-refractivity contribution in [3.05, 3.63) is 75.2 Å². The molecule has 1 unspecified atom stereocenters. The van der Waals surface area contributed by atoms with Crippen molar-refractivity contribution in [2.75, 3.05) is 6.54 Å². The van der Waals surface area contributed by atoms with Crippen LogP contribution in [-0.2, 0) is 25.9 Å². The quantitative estimate of drug-likeness (QED) is 0.524. The minimum Gasteiger partial charge on any atom is -0.390 e. The summed E-state index contributed by atoms with van der Waals surface area (Å²) in [6.07, 6.45) is 3.67. The second kappa shape index (κ2) is 7.94. The Bertz CT molecular complexity index is 1320. The van der Waals surface area contributed by atoms with Gasteiger partial charge in [0.25, 0.3) is 5.56 Å². The average molecular weight is 417 g/mol. The highest BCUT2D eigenvalue weighted by Gasteiger charge is 2.21. The van der Waals surface area contributed by atoms with E-state index in [1.165, 1.54) is 24.0 Å². The van der Waals surface area contributed by atoms with Crippen LogP contribution in [0.3, 0.4) is 0 Å². The molecule has 1 aliphatic carbocycles. The molecular weight excluding hydrogens is 388 g/mol. The van der Waals surface area contributed by atoms with Crippen LogP contribution in [0.2, 0.25) is 0 Å². The Morgan fingerprint density at radius 2 is 1.84 bits per heavy atom. The van der Waals surface area contributed by atoms with Gasteiger partial charge in [0.1, 0.15) is 5.52 Å². The molecule has 6 nitrogen and oxygen atoms in total. The number of nitrogens with two attached hydrogens (primary N) is 1. The van der Waals surface area contributed by atoms with Crippen LogP contribution in [0.1, 0.15) is 35.2 Å². The third-order valence-electron chi connectivity index (χ3n) is 6.51. The summed E-state index contributed by atoms with van der Waals surface area (Å²) in [6.45, 7) is 2.86. The van der Waals surface area contributed by atoms with Crippen LogP contribution < -0.4 is 11.3 Å². The zero-order chi connectivity index (χ0) is 21.5. The van der Waals surface area contributed by atoms with Gasteiger partial charge in [-0.1, -0.05) is 30.3 Å². The zero-order valence-electron chi connectivity index (χ0n) is 17.8. The predicted molar refractivity (Wildman–Crippen MR) is 123 cm³/mol. The summed E-state index contributed by atoms with van der Waals surface area (Å²) in [6, 6.07) is 14.5. The van der Waals surface area contributed by atoms with Gasteiger partial charge in [0.2, 0.25) is 0 Å². The fourth-order valence-corrected chi connectivity index (χ4v) is 4.80. The van der Waals surface area contributed by atoms with Crippen LogP contribution in [0.5, 0.6) is 0 Å². The number of aliphatic hydroxyl groups excluding tert-OH is 1. The molecule has 0 bridgehead atoms. The molecular formula is C25H28N4O2. The third-order valence-corrected chi connectivity index (χ3v) is 6.51. The van der Waals surface area contributed by atoms with Crippen molar-refractivity contribution in [3.8, 4) is 0 Å². The fourth-order valence-electron chi connectivity index (χ4n) is 4.80. The first-order chi connectivity index (χ1) is 15.1. The van der Waals surface area contributed by atoms with E-state index in [0.717, 1.165) is 40.5 Å². The highest BCUT2D eigenvalue weighted by Crippen LogP contribution is 2.31. The van der Waals surface area contributed by atoms with Gasteiger partial charge in [0.15, 0.2) is 0 Å². The Kier molecular flexibility index (Phi) is 5.12. The standard InChI is InChI=1S/C25H28N4O2/c1-16-23-24(27-29(16)14-17-7-3-2-4-8-17)21-11-18-9-5-6-10-19(18)12-22(21)28(25(23)31)15-20(30)13-26/h2-4,7-8,11-12,20,30H,5-6,9-10,13-15,26H2,1H3. The summed E-state index contributed by atoms with van der Waals surface area (Å²) in [5.74, 6) is 0. The van der Waals surface area contributed by atoms with Gasteiger partial charge in [0.05, 0.1) is 30.1 Å². The molecule has 4 aromatic rings. The lowest BCUT2D eigenvalue weighted by molar-refractivity contribution is 0.162. The van der Waals surface area contributed by atoms with Crippen molar-refractivity contribution in [1.82, 2.24) is 14.3 Å². The number of benzene rings is 2. The number of hydrogen-bond acceptors (Lipinski definition) is 4. The molecule has 0 aliphatic heterocycles. The predicted octanol–water partition coefficient (Wildman–Crippen LogP) is 2.91. The molecule has 1 atom stereocenters. The first-order valence-electron chi connectivity index (χ1n) is 11.0. The van der Waals surface area contributed by atoms with Crippen molar-refractivity contribution in [2.45, 2.75) is 51.8 Å². The number of rotatable bonds is 5. The second-order valence-electron chi connectivity index (χ2n) is 8.60. The van der Waals surface area contributed by atoms with Gasteiger partial charge >= 0.3 is 0 Å². The van der Waals surface area contributed by atoms with E-state index in [1.807, 2.05) is 29.8 Å². The molecule has 2 aromatic heterocycles. The Morgan fingerprint density at radius 3 is 2.55 bits per heavy atom. The number of pyridine rings is 1. The van der Waals surface area contributed by atoms with E-state index < -0.39 is 6.10 Å². The van der Waals surface area contributed by atoms with Gasteiger partial charge in [-0.3, -0.25) is 9.48 Å². The van der Waals surface area contributed by atoms with Crippen LogP contribution in [0.25, 0.3) is 21.8 Å². The summed E-state index contributed by atoms with van der Waals surface area (Å²) in [5, 5.41) is 16.8. The third kappa shape index (κ3) is 3.46. The van der Waals surface area contributed by atoms with E-state index in [0.29, 0.717) is 11.9 Å². The largest absolute Gasteiger partial charge is 0.390 e. The summed E-state index contributed by atoms with van der Waals surface area (Å²) >= 11 is 0. The van der Waals surface area contributed by atoms with Crippen molar-refractivity contribution >= 4 is 21.8 Å². The molecule has 31 heavy (non-hydrogen) atoms. The van der Waals surface area contributed by atoms with E-state index in [9.17, 15) is 9.90 Å². The van der Waals surface area contributed by atoms with Crippen LogP contribution in [0.15, 0.2) is 47.3 Å². The molecule has 0 saturated carbocycles. The summed E-state index contributed by atoms with van der Waals surface area (Å²) in [5.41, 5.74) is 11.8. The Balaban J connectivity index is 1.79. The molecule has 2 heterocycles. The molecule has 3 N–H and O–H groups in total. The molecule has 6 heteroatoms. The van der Waals surface area contributed by atoms with Gasteiger partial charge in [0, 0.05) is 17.6 Å². The lowest BCUT2D eigenvalue weighted by Gasteiger charge is -2.20. The van der Waals surface area contributed by atoms with Crippen LogP contribution in [-0.4, -0.2) is 32.1 Å². The topological polar surface area (TPSA) is 86.1 Å². The summed E-state index contributed by atoms with van der Waals surface area (Å²) < 4.78 is 3.62. The highest BCUT2D eigenvalue weighted by atomic mass is 16.3. The molecule has 0 radical (unpaired) electrons. The monoisotopic (exact) mass is 416 g/mol. The van der Waals surface area contributed by atoms with Crippen molar-refractivity contribution in [2.24, 2.45) is 5.73 Å². The maximum absolute atomic E-state index is 13.6. The van der Waals surface area contributed by atoms with Crippen LogP contribution in [0, 0.1) is 6.92 Å². The van der Waals surface area contributed by atoms with Crippen molar-refractivity contribution in [3.63, 3.8) is 0 Å². The SMILES string of the molecule is Cc1c2c(=O)n(CC(O)CN)c3cc4c(cc3c2nn1Cc1ccccc1)CCCC4. The normalized spacial score (nSPS) is 14.8. The first-order valence-corrected chi connectivity index (χ1v) is 11.0. The molecule has 0 amide bonds. The summed E-state index contributed by atoms with van der Waals surface area (Å²) in [4.78, 5) is 13.6. The lowest BCUT2D eigenvalue weighted by atomic mass is 9.90. The highest BCUT2D eigenvalue weighted by molar-refractivity contribution is 6.04. The van der Waals surface area contributed by atoms with E-state index in [4.69, 9.17) is 10.8 Å². The smallest absolute Gasteiger partial charge is 0.262 e. The lowest BCUT2D eigenvalue weighted by Crippen LogP contribution is -2.31. The second-order valence-corrected chi connectivity index (χ2v) is 8.60. The number of fused-ring (bicyclic) bond motifs is 4. The zero-order valence-corrected chi connectivity index (χ0v) is 17.8. The molecule has 0 fully saturated rings. The van der Waals surface area contributed by atoms with Crippen LogP contribution in [0.4, 0.5) is 0 Å². The number of nitrogens with zero attached hydrogens (tertiary/aromatic N) is 3. The number of aliphatic hydroxyl groups is 1. The Hall–Kier alpha value is -2.96. The number of hydrogen-bond donors (Lipinski definition) is 2. The van der Waals surface area contributed by atoms with E-state index in [2.05, 4.69) is 24.3 Å². The van der Waals surface area contributed by atoms with E-state index in [1.54, 1.807) is 4.57 Å². The number of aryl methyl sites for hydroxylation is 3. The van der Waals surface area contributed by atoms with E-state index >= 15 is 0 Å². The van der Waals surface area contributed by atoms with Gasteiger partial charge in [-0.15, -0.1) is 0 Å². The summed E-state index contributed by atoms with van der Waals surface area (Å²) in [7, 11) is 0. The minimum absolute atomic E-state index is 0.109. The first kappa shape index (κ1) is 20.0. The fraction of sp³-hybridized carbons (Fsp3) is 0.360. The van der Waals surface area contributed by atoms with Crippen molar-refractivity contribution < 1.29 is 5.11 Å². The average Bonchev–Trinajstić information content (AvgIpc) is 3.12. The van der Waals surface area contributed by atoms with Crippen LogP contribution >= 0.6 is 0 Å². The maximum atomic E-state index is 13.6. The van der Waals surface area contributed by atoms with Gasteiger partial charge in [-0.25, -0.2) is 0 Å². The Labute approximate surface area is 180 Å². The molecule has 5 rings (SSSR count). The minimum atomic E-state index is -0.769. The molecule has 2 aromatic carbocycles. The van der Waals surface area contributed by atoms with E-state index in [-0.39, 0.29) is 18.6 Å². The van der Waals surface area contributed by atoms with Crippen molar-refractivity contribution in [1.29, 1.82) is 0 Å². The maximum Gasteiger partial charge on any atom is 0.262 e. The Morgan fingerprint density at radius 1 is 1.13 bits per heavy atom. The van der Waals surface area contributed by atoms with Gasteiger partial charge < -0.3 is 15.4 Å². The van der Waals surface area contributed by atoms with Gasteiger partial charge in [-0.2, -0.15) is 5.10 Å². The molecule has 0 spiro atoms. The van der Waals surface area contributed by atoms with Gasteiger partial charge in [-0.05, 0) is 61.4 Å². The molecule has 160 valence electrons. The molecule has 0 saturated heterocycles. The number of aromatic nitrogens is 3. The molecule has 1 aliphatic rings.